The average Bonchev–Trinajstić information content (AvgIpc) is 3.23. The van der Waals surface area contributed by atoms with Crippen LogP contribution in [0.3, 0.4) is 0 Å². The van der Waals surface area contributed by atoms with Crippen LogP contribution in [0.5, 0.6) is 0 Å². The molecule has 172 valence electrons. The highest BCUT2D eigenvalue weighted by atomic mass is 16.2. The number of benzene rings is 1. The molecule has 1 saturated heterocycles. The Bertz CT molecular complexity index is 872. The van der Waals surface area contributed by atoms with Crippen LogP contribution in [0, 0.1) is 29.1 Å². The molecule has 1 heterocycles. The Balaban J connectivity index is 1.24. The molecule has 0 radical (unpaired) electrons. The van der Waals surface area contributed by atoms with Gasteiger partial charge in [-0.2, -0.15) is 0 Å². The van der Waals surface area contributed by atoms with Crippen molar-refractivity contribution in [3.05, 3.63) is 24.3 Å². The van der Waals surface area contributed by atoms with Crippen molar-refractivity contribution in [2.75, 3.05) is 17.2 Å². The second kappa shape index (κ2) is 8.20. The number of rotatable bonds is 5. The van der Waals surface area contributed by atoms with E-state index in [1.165, 1.54) is 19.3 Å². The fourth-order valence-corrected chi connectivity index (χ4v) is 7.11. The second-order valence-corrected chi connectivity index (χ2v) is 11.1. The smallest absolute Gasteiger partial charge is 0.247 e. The van der Waals surface area contributed by atoms with Crippen molar-refractivity contribution in [1.82, 2.24) is 4.90 Å². The van der Waals surface area contributed by atoms with Gasteiger partial charge in [0.05, 0.1) is 5.41 Å². The molecule has 6 nitrogen and oxygen atoms in total. The average molecular weight is 438 g/mol. The maximum absolute atomic E-state index is 13.8. The summed E-state index contributed by atoms with van der Waals surface area (Å²) in [5, 5.41) is 5.86. The molecule has 4 saturated carbocycles. The first kappa shape index (κ1) is 21.5. The van der Waals surface area contributed by atoms with Crippen LogP contribution in [0.15, 0.2) is 24.3 Å². The van der Waals surface area contributed by atoms with Crippen LogP contribution in [0.25, 0.3) is 0 Å². The van der Waals surface area contributed by atoms with Crippen LogP contribution in [-0.4, -0.2) is 35.2 Å². The van der Waals surface area contributed by atoms with Crippen LogP contribution < -0.4 is 10.6 Å². The lowest BCUT2D eigenvalue weighted by Gasteiger charge is -2.56. The number of carbonyl (C=O) groups is 3. The molecule has 6 heteroatoms. The van der Waals surface area contributed by atoms with E-state index in [9.17, 15) is 14.4 Å². The van der Waals surface area contributed by atoms with Crippen molar-refractivity contribution in [3.8, 4) is 0 Å². The highest BCUT2D eigenvalue weighted by Crippen LogP contribution is 2.60. The van der Waals surface area contributed by atoms with Gasteiger partial charge in [-0.3, -0.25) is 14.4 Å². The zero-order valence-electron chi connectivity index (χ0n) is 19.2. The van der Waals surface area contributed by atoms with Crippen LogP contribution in [0.1, 0.15) is 65.2 Å². The van der Waals surface area contributed by atoms with Gasteiger partial charge in [0.1, 0.15) is 6.04 Å². The van der Waals surface area contributed by atoms with Crippen LogP contribution in [-0.2, 0) is 14.4 Å². The van der Waals surface area contributed by atoms with Gasteiger partial charge in [0.2, 0.25) is 17.7 Å². The molecule has 0 spiro atoms. The first-order valence-electron chi connectivity index (χ1n) is 12.4. The van der Waals surface area contributed by atoms with Crippen molar-refractivity contribution in [2.45, 2.75) is 71.3 Å². The van der Waals surface area contributed by atoms with Gasteiger partial charge in [-0.1, -0.05) is 13.8 Å². The van der Waals surface area contributed by atoms with Crippen LogP contribution >= 0.6 is 0 Å². The van der Waals surface area contributed by atoms with E-state index in [1.54, 1.807) is 24.3 Å². The first-order valence-corrected chi connectivity index (χ1v) is 12.4. The summed E-state index contributed by atoms with van der Waals surface area (Å²) in [7, 11) is 0. The number of likely N-dealkylation sites (tertiary alicyclic amines) is 1. The topological polar surface area (TPSA) is 78.5 Å². The Hall–Kier alpha value is -2.37. The minimum Gasteiger partial charge on any atom is -0.330 e. The number of hydrogen-bond acceptors (Lipinski definition) is 3. The lowest BCUT2D eigenvalue weighted by Crippen LogP contribution is -2.56. The van der Waals surface area contributed by atoms with Crippen molar-refractivity contribution >= 4 is 29.1 Å². The van der Waals surface area contributed by atoms with Gasteiger partial charge in [-0.05, 0) is 93.4 Å². The first-order chi connectivity index (χ1) is 15.3. The van der Waals surface area contributed by atoms with Crippen molar-refractivity contribution in [2.24, 2.45) is 29.1 Å². The number of hydrogen-bond donors (Lipinski definition) is 2. The molecule has 1 aliphatic heterocycles. The van der Waals surface area contributed by atoms with Crippen molar-refractivity contribution in [3.63, 3.8) is 0 Å². The Labute approximate surface area is 190 Å². The summed E-state index contributed by atoms with van der Waals surface area (Å²) in [6, 6.07) is 6.81. The van der Waals surface area contributed by atoms with E-state index in [0.29, 0.717) is 17.9 Å². The number of nitrogens with zero attached hydrogens (tertiary/aromatic N) is 1. The van der Waals surface area contributed by atoms with Gasteiger partial charge >= 0.3 is 0 Å². The molecular weight excluding hydrogens is 402 g/mol. The fraction of sp³-hybridized carbons (Fsp3) is 0.654. The van der Waals surface area contributed by atoms with E-state index >= 15 is 0 Å². The molecule has 5 fully saturated rings. The molecule has 1 aromatic rings. The molecule has 2 N–H and O–H groups in total. The minimum atomic E-state index is -0.379. The molecule has 0 aromatic heterocycles. The molecule has 4 bridgehead atoms. The lowest BCUT2D eigenvalue weighted by molar-refractivity contribution is -0.160. The van der Waals surface area contributed by atoms with E-state index in [0.717, 1.165) is 49.9 Å². The summed E-state index contributed by atoms with van der Waals surface area (Å²) in [6.07, 6.45) is 8.64. The summed E-state index contributed by atoms with van der Waals surface area (Å²) in [4.78, 5) is 40.7. The third kappa shape index (κ3) is 3.93. The Morgan fingerprint density at radius 1 is 0.906 bits per heavy atom. The molecular formula is C26H35N3O3. The standard InChI is InChI=1S/C26H35N3O3/c1-16(2)23(30)27-20-5-7-21(8-6-20)28-24(31)22-4-3-9-29(22)25(32)26-13-17-10-18(14-26)12-19(11-17)15-26/h5-8,16-19,22H,3-4,9-15H2,1-2H3,(H,27,30)(H,28,31)/t17?,18?,19?,22-,26?/m1/s1. The third-order valence-corrected chi connectivity index (χ3v) is 8.25. The molecule has 32 heavy (non-hydrogen) atoms. The van der Waals surface area contributed by atoms with E-state index < -0.39 is 0 Å². The Kier molecular flexibility index (Phi) is 5.50. The summed E-state index contributed by atoms with van der Waals surface area (Å²) in [5.74, 6) is 2.18. The van der Waals surface area contributed by atoms with E-state index in [1.807, 2.05) is 18.7 Å². The van der Waals surface area contributed by atoms with Crippen molar-refractivity contribution < 1.29 is 14.4 Å². The highest BCUT2D eigenvalue weighted by Gasteiger charge is 2.56. The largest absolute Gasteiger partial charge is 0.330 e. The van der Waals surface area contributed by atoms with Gasteiger partial charge in [0.15, 0.2) is 0 Å². The molecule has 1 aromatic carbocycles. The minimum absolute atomic E-state index is 0.0356. The van der Waals surface area contributed by atoms with Gasteiger partial charge in [0, 0.05) is 23.8 Å². The summed E-state index contributed by atoms with van der Waals surface area (Å²) >= 11 is 0. The Morgan fingerprint density at radius 2 is 1.44 bits per heavy atom. The van der Waals surface area contributed by atoms with Gasteiger partial charge in [-0.25, -0.2) is 0 Å². The lowest BCUT2D eigenvalue weighted by atomic mass is 9.49. The Morgan fingerprint density at radius 3 is 1.97 bits per heavy atom. The molecule has 0 unspecified atom stereocenters. The molecule has 6 rings (SSSR count). The maximum atomic E-state index is 13.8. The fourth-order valence-electron chi connectivity index (χ4n) is 7.11. The highest BCUT2D eigenvalue weighted by molar-refractivity contribution is 5.99. The molecule has 1 atom stereocenters. The summed E-state index contributed by atoms with van der Waals surface area (Å²) in [5.41, 5.74) is 1.20. The number of carbonyl (C=O) groups excluding carboxylic acids is 3. The van der Waals surface area contributed by atoms with Crippen LogP contribution in [0.2, 0.25) is 0 Å². The predicted octanol–water partition coefficient (Wildman–Crippen LogP) is 4.43. The monoisotopic (exact) mass is 437 g/mol. The molecule has 5 aliphatic rings. The van der Waals surface area contributed by atoms with Gasteiger partial charge in [-0.15, -0.1) is 0 Å². The number of nitrogens with one attached hydrogen (secondary N) is 2. The third-order valence-electron chi connectivity index (χ3n) is 8.25. The molecule has 4 aliphatic carbocycles. The van der Waals surface area contributed by atoms with E-state index in [-0.39, 0.29) is 35.1 Å². The SMILES string of the molecule is CC(C)C(=O)Nc1ccc(NC(=O)[C@H]2CCCN2C(=O)C23CC4CC(CC(C4)C2)C3)cc1. The second-order valence-electron chi connectivity index (χ2n) is 11.1. The maximum Gasteiger partial charge on any atom is 0.247 e. The quantitative estimate of drug-likeness (QED) is 0.715. The van der Waals surface area contributed by atoms with Crippen molar-refractivity contribution in [1.29, 1.82) is 0 Å². The predicted molar refractivity (Wildman–Crippen MR) is 124 cm³/mol. The summed E-state index contributed by atoms with van der Waals surface area (Å²) < 4.78 is 0. The molecule has 3 amide bonds. The van der Waals surface area contributed by atoms with Crippen LogP contribution in [0.4, 0.5) is 11.4 Å². The zero-order valence-corrected chi connectivity index (χ0v) is 19.2. The normalized spacial score (nSPS) is 32.9. The van der Waals surface area contributed by atoms with Gasteiger partial charge < -0.3 is 15.5 Å². The number of anilines is 2. The zero-order chi connectivity index (χ0) is 22.5. The van der Waals surface area contributed by atoms with E-state index in [2.05, 4.69) is 10.6 Å². The van der Waals surface area contributed by atoms with E-state index in [4.69, 9.17) is 0 Å². The van der Waals surface area contributed by atoms with Gasteiger partial charge in [0.25, 0.3) is 0 Å². The summed E-state index contributed by atoms with van der Waals surface area (Å²) in [6.45, 7) is 4.39. The number of amides is 3.